The van der Waals surface area contributed by atoms with Gasteiger partial charge in [-0.1, -0.05) is 43.9 Å². The zero-order valence-electron chi connectivity index (χ0n) is 18.6. The number of rotatable bonds is 9. The lowest BCUT2D eigenvalue weighted by Crippen LogP contribution is -2.26. The van der Waals surface area contributed by atoms with Crippen LogP contribution in [0.2, 0.25) is 0 Å². The van der Waals surface area contributed by atoms with Crippen LogP contribution in [-0.2, 0) is 6.42 Å². The minimum atomic E-state index is -0.877. The molecule has 0 amide bonds. The molecule has 0 unspecified atom stereocenters. The van der Waals surface area contributed by atoms with Gasteiger partial charge in [-0.3, -0.25) is 0 Å². The molecule has 1 nitrogen and oxygen atoms in total. The molecule has 0 N–H and O–H groups in total. The number of allylic oxidation sites excluding steroid dienone is 2. The predicted molar refractivity (Wildman–Crippen MR) is 120 cm³/mol. The third-order valence-electron chi connectivity index (χ3n) is 7.51. The fourth-order valence-corrected chi connectivity index (χ4v) is 5.61. The summed E-state index contributed by atoms with van der Waals surface area (Å²) in [6, 6.07) is 3.21. The second-order valence-corrected chi connectivity index (χ2v) is 9.40. The monoisotopic (exact) mass is 416 g/mol. The summed E-state index contributed by atoms with van der Waals surface area (Å²) in [4.78, 5) is 0. The van der Waals surface area contributed by atoms with Gasteiger partial charge in [0.1, 0.15) is 0 Å². The average molecular weight is 417 g/mol. The van der Waals surface area contributed by atoms with Crippen LogP contribution in [-0.4, -0.2) is 0 Å². The molecule has 2 aliphatic carbocycles. The molecule has 3 heteroatoms. The van der Waals surface area contributed by atoms with Gasteiger partial charge in [-0.2, -0.15) is 4.39 Å². The lowest BCUT2D eigenvalue weighted by Gasteiger charge is -2.38. The van der Waals surface area contributed by atoms with E-state index in [4.69, 9.17) is 4.74 Å². The van der Waals surface area contributed by atoms with Crippen LogP contribution in [0.25, 0.3) is 0 Å². The third kappa shape index (κ3) is 6.18. The number of hydrogen-bond acceptors (Lipinski definition) is 1. The summed E-state index contributed by atoms with van der Waals surface area (Å²) >= 11 is 0. The second kappa shape index (κ2) is 11.7. The van der Waals surface area contributed by atoms with Crippen LogP contribution in [0.3, 0.4) is 0 Å². The van der Waals surface area contributed by atoms with Gasteiger partial charge in [0.05, 0.1) is 6.26 Å². The van der Waals surface area contributed by atoms with Crippen molar-refractivity contribution in [2.24, 2.45) is 23.7 Å². The van der Waals surface area contributed by atoms with E-state index in [0.29, 0.717) is 17.9 Å². The molecule has 2 fully saturated rings. The first kappa shape index (κ1) is 23.0. The van der Waals surface area contributed by atoms with Crippen LogP contribution in [0.15, 0.2) is 37.1 Å². The highest BCUT2D eigenvalue weighted by atomic mass is 19.2. The predicted octanol–water partition coefficient (Wildman–Crippen LogP) is 8.39. The van der Waals surface area contributed by atoms with E-state index in [1.54, 1.807) is 19.1 Å². The highest BCUT2D eigenvalue weighted by Gasteiger charge is 2.30. The van der Waals surface area contributed by atoms with E-state index < -0.39 is 11.6 Å². The van der Waals surface area contributed by atoms with Crippen molar-refractivity contribution < 1.29 is 13.5 Å². The van der Waals surface area contributed by atoms with Gasteiger partial charge in [0, 0.05) is 0 Å². The third-order valence-corrected chi connectivity index (χ3v) is 7.51. The highest BCUT2D eigenvalue weighted by Crippen LogP contribution is 2.43. The minimum Gasteiger partial charge on any atom is -0.462 e. The fraction of sp³-hybridized carbons (Fsp3) is 0.630. The van der Waals surface area contributed by atoms with E-state index in [0.717, 1.165) is 30.6 Å². The minimum absolute atomic E-state index is 0.0472. The van der Waals surface area contributed by atoms with Crippen molar-refractivity contribution in [1.82, 2.24) is 0 Å². The quantitative estimate of drug-likeness (QED) is 0.290. The van der Waals surface area contributed by atoms with Crippen LogP contribution in [0.1, 0.15) is 83.1 Å². The van der Waals surface area contributed by atoms with Crippen LogP contribution in [0.4, 0.5) is 8.78 Å². The molecule has 30 heavy (non-hydrogen) atoms. The van der Waals surface area contributed by atoms with Gasteiger partial charge in [0.15, 0.2) is 11.6 Å². The Balaban J connectivity index is 1.41. The summed E-state index contributed by atoms with van der Waals surface area (Å²) in [7, 11) is 0. The number of aryl methyl sites for hydroxylation is 1. The van der Waals surface area contributed by atoms with Gasteiger partial charge in [0.2, 0.25) is 5.82 Å². The van der Waals surface area contributed by atoms with Gasteiger partial charge in [-0.15, -0.1) is 6.58 Å². The first-order valence-corrected chi connectivity index (χ1v) is 12.0. The number of ether oxygens (including phenoxy) is 1. The second-order valence-electron chi connectivity index (χ2n) is 9.40. The largest absolute Gasteiger partial charge is 0.462 e. The molecule has 0 aromatic heterocycles. The molecule has 166 valence electrons. The number of halogens is 2. The molecule has 0 atom stereocenters. The Hall–Kier alpha value is -1.64. The van der Waals surface area contributed by atoms with Crippen molar-refractivity contribution in [2.75, 3.05) is 0 Å². The molecule has 1 aromatic rings. The van der Waals surface area contributed by atoms with Gasteiger partial charge >= 0.3 is 0 Å². The molecule has 3 rings (SSSR count). The van der Waals surface area contributed by atoms with E-state index in [1.165, 1.54) is 70.1 Å². The Morgan fingerprint density at radius 1 is 0.900 bits per heavy atom. The molecule has 0 bridgehead atoms. The Kier molecular flexibility index (Phi) is 8.96. The van der Waals surface area contributed by atoms with Gasteiger partial charge in [-0.25, -0.2) is 4.39 Å². The summed E-state index contributed by atoms with van der Waals surface area (Å²) in [5.41, 5.74) is 0.472. The summed E-state index contributed by atoms with van der Waals surface area (Å²) in [6.45, 7) is 5.62. The Morgan fingerprint density at radius 2 is 1.50 bits per heavy atom. The fourth-order valence-electron chi connectivity index (χ4n) is 5.61. The standard InChI is InChI=1S/C27H38F2O/c1-3-5-6-20-7-12-22(13-8-20)23-14-9-21(10-15-23)11-16-24-17-18-25(30-19-4-2)27(29)26(24)28/h3-4,17-23H,1,5-16H2,2H3/b19-4+. The van der Waals surface area contributed by atoms with Crippen molar-refractivity contribution >= 4 is 0 Å². The van der Waals surface area contributed by atoms with Crippen molar-refractivity contribution in [3.63, 3.8) is 0 Å². The topological polar surface area (TPSA) is 9.23 Å². The molecule has 2 aliphatic rings. The zero-order chi connectivity index (χ0) is 21.3. The average Bonchev–Trinajstić information content (AvgIpc) is 2.79. The molecular formula is C27H38F2O. The molecule has 0 radical (unpaired) electrons. The molecule has 0 saturated heterocycles. The maximum absolute atomic E-state index is 14.4. The maximum Gasteiger partial charge on any atom is 0.201 e. The zero-order valence-corrected chi connectivity index (χ0v) is 18.6. The SMILES string of the molecule is C=CCCC1CCC(C2CCC(CCc3ccc(O/C=C/C)c(F)c3F)CC2)CC1. The van der Waals surface area contributed by atoms with Crippen LogP contribution in [0, 0.1) is 35.3 Å². The summed E-state index contributed by atoms with van der Waals surface area (Å²) < 4.78 is 33.7. The van der Waals surface area contributed by atoms with Crippen molar-refractivity contribution in [3.05, 3.63) is 54.3 Å². The molecule has 2 saturated carbocycles. The lowest BCUT2D eigenvalue weighted by atomic mass is 9.68. The maximum atomic E-state index is 14.4. The molecule has 0 aliphatic heterocycles. The molecule has 1 aromatic carbocycles. The first-order chi connectivity index (χ1) is 14.6. The Labute approximate surface area is 181 Å². The van der Waals surface area contributed by atoms with Crippen molar-refractivity contribution in [3.8, 4) is 5.75 Å². The van der Waals surface area contributed by atoms with Crippen LogP contribution < -0.4 is 4.74 Å². The van der Waals surface area contributed by atoms with Crippen molar-refractivity contribution in [1.29, 1.82) is 0 Å². The van der Waals surface area contributed by atoms with E-state index in [2.05, 4.69) is 12.7 Å². The number of benzene rings is 1. The lowest BCUT2D eigenvalue weighted by molar-refractivity contribution is 0.141. The smallest absolute Gasteiger partial charge is 0.201 e. The molecule has 0 heterocycles. The van der Waals surface area contributed by atoms with E-state index in [-0.39, 0.29) is 5.75 Å². The van der Waals surface area contributed by atoms with Gasteiger partial charge < -0.3 is 4.74 Å². The summed E-state index contributed by atoms with van der Waals surface area (Å²) in [6.07, 6.45) is 19.8. The molecular weight excluding hydrogens is 378 g/mol. The molecule has 0 spiro atoms. The van der Waals surface area contributed by atoms with Gasteiger partial charge in [0.25, 0.3) is 0 Å². The van der Waals surface area contributed by atoms with Gasteiger partial charge in [-0.05, 0) is 93.6 Å². The normalized spacial score (nSPS) is 27.3. The summed E-state index contributed by atoms with van der Waals surface area (Å²) in [5, 5.41) is 0. The summed E-state index contributed by atoms with van der Waals surface area (Å²) in [5.74, 6) is 1.69. The van der Waals surface area contributed by atoms with E-state index in [9.17, 15) is 8.78 Å². The van der Waals surface area contributed by atoms with E-state index in [1.807, 2.05) is 0 Å². The Morgan fingerprint density at radius 3 is 2.07 bits per heavy atom. The first-order valence-electron chi connectivity index (χ1n) is 12.0. The number of hydrogen-bond donors (Lipinski definition) is 0. The van der Waals surface area contributed by atoms with E-state index >= 15 is 0 Å². The van der Waals surface area contributed by atoms with Crippen LogP contribution in [0.5, 0.6) is 5.75 Å². The van der Waals surface area contributed by atoms with Crippen molar-refractivity contribution in [2.45, 2.75) is 84.0 Å². The Bertz CT molecular complexity index is 695. The highest BCUT2D eigenvalue weighted by molar-refractivity contribution is 5.31. The van der Waals surface area contributed by atoms with Crippen LogP contribution >= 0.6 is 0 Å².